The molecule has 0 amide bonds. The van der Waals surface area contributed by atoms with Crippen LogP contribution in [0.3, 0.4) is 0 Å². The van der Waals surface area contributed by atoms with Gasteiger partial charge < -0.3 is 4.74 Å². The summed E-state index contributed by atoms with van der Waals surface area (Å²) in [4.78, 5) is 11.0. The lowest BCUT2D eigenvalue weighted by molar-refractivity contribution is -0.120. The van der Waals surface area contributed by atoms with Crippen LogP contribution in [0.1, 0.15) is 26.7 Å². The molecule has 1 rings (SSSR count). The number of ketones is 1. The van der Waals surface area contributed by atoms with Crippen LogP contribution >= 0.6 is 0 Å². The molecule has 0 saturated heterocycles. The molecule has 15 heavy (non-hydrogen) atoms. The van der Waals surface area contributed by atoms with Crippen LogP contribution < -0.4 is 4.74 Å². The number of hydrogen-bond donors (Lipinski definition) is 0. The highest BCUT2D eigenvalue weighted by Crippen LogP contribution is 2.11. The molecule has 0 aliphatic carbocycles. The van der Waals surface area contributed by atoms with E-state index in [-0.39, 0.29) is 11.7 Å². The van der Waals surface area contributed by atoms with Crippen molar-refractivity contribution in [3.8, 4) is 5.75 Å². The van der Waals surface area contributed by atoms with E-state index in [0.717, 1.165) is 18.6 Å². The Kier molecular flexibility index (Phi) is 4.88. The van der Waals surface area contributed by atoms with E-state index in [1.54, 1.807) is 6.92 Å². The van der Waals surface area contributed by atoms with Crippen molar-refractivity contribution in [3.63, 3.8) is 0 Å². The Morgan fingerprint density at radius 1 is 1.33 bits per heavy atom. The normalized spacial score (nSPS) is 12.1. The van der Waals surface area contributed by atoms with Crippen molar-refractivity contribution in [2.45, 2.75) is 26.7 Å². The predicted molar refractivity (Wildman–Crippen MR) is 61.0 cm³/mol. The first kappa shape index (κ1) is 11.8. The maximum Gasteiger partial charge on any atom is 0.132 e. The van der Waals surface area contributed by atoms with Crippen LogP contribution in [0.4, 0.5) is 0 Å². The monoisotopic (exact) mass is 206 g/mol. The molecule has 0 saturated carbocycles. The van der Waals surface area contributed by atoms with Crippen molar-refractivity contribution in [2.24, 2.45) is 5.92 Å². The number of carbonyl (C=O) groups is 1. The van der Waals surface area contributed by atoms with Crippen LogP contribution in [0, 0.1) is 5.92 Å². The zero-order chi connectivity index (χ0) is 11.1. The number of benzene rings is 1. The fourth-order valence-electron chi connectivity index (χ4n) is 1.30. The Morgan fingerprint density at radius 2 is 2.00 bits per heavy atom. The van der Waals surface area contributed by atoms with Gasteiger partial charge in [0.1, 0.15) is 11.5 Å². The lowest BCUT2D eigenvalue weighted by Gasteiger charge is -2.08. The molecule has 1 aromatic rings. The molecule has 1 atom stereocenters. The number of Topliss-reactive ketones (excluding diaryl/α,β-unsaturated/α-hetero) is 1. The van der Waals surface area contributed by atoms with E-state index >= 15 is 0 Å². The minimum Gasteiger partial charge on any atom is -0.494 e. The number of hydrogen-bond acceptors (Lipinski definition) is 2. The Hall–Kier alpha value is -1.31. The van der Waals surface area contributed by atoms with Gasteiger partial charge in [-0.2, -0.15) is 0 Å². The van der Waals surface area contributed by atoms with Gasteiger partial charge in [0.25, 0.3) is 0 Å². The maximum atomic E-state index is 11.0. The highest BCUT2D eigenvalue weighted by molar-refractivity contribution is 5.77. The molecule has 1 unspecified atom stereocenters. The van der Waals surface area contributed by atoms with Crippen LogP contribution in [0.15, 0.2) is 30.3 Å². The van der Waals surface area contributed by atoms with Gasteiger partial charge in [-0.05, 0) is 31.9 Å². The number of rotatable bonds is 6. The second-order valence-electron chi connectivity index (χ2n) is 3.82. The maximum absolute atomic E-state index is 11.0. The summed E-state index contributed by atoms with van der Waals surface area (Å²) in [6.45, 7) is 4.29. The fraction of sp³-hybridized carbons (Fsp3) is 0.462. The molecule has 0 N–H and O–H groups in total. The minimum atomic E-state index is 0.157. The number of para-hydroxylation sites is 1. The van der Waals surface area contributed by atoms with E-state index < -0.39 is 0 Å². The summed E-state index contributed by atoms with van der Waals surface area (Å²) in [5.74, 6) is 1.31. The third-order valence-electron chi connectivity index (χ3n) is 2.49. The molecule has 2 nitrogen and oxygen atoms in total. The summed E-state index contributed by atoms with van der Waals surface area (Å²) in [5, 5.41) is 0. The van der Waals surface area contributed by atoms with Gasteiger partial charge in [-0.25, -0.2) is 0 Å². The molecule has 2 heteroatoms. The lowest BCUT2D eigenvalue weighted by Crippen LogP contribution is -2.08. The molecule has 82 valence electrons. The van der Waals surface area contributed by atoms with Gasteiger partial charge in [0, 0.05) is 5.92 Å². The van der Waals surface area contributed by atoms with Crippen LogP contribution in [0.5, 0.6) is 5.75 Å². The van der Waals surface area contributed by atoms with Crippen LogP contribution in [-0.4, -0.2) is 12.4 Å². The summed E-state index contributed by atoms with van der Waals surface area (Å²) in [5.41, 5.74) is 0. The summed E-state index contributed by atoms with van der Waals surface area (Å²) in [6.07, 6.45) is 1.83. The lowest BCUT2D eigenvalue weighted by atomic mass is 10.0. The zero-order valence-corrected chi connectivity index (χ0v) is 9.40. The highest BCUT2D eigenvalue weighted by atomic mass is 16.5. The average molecular weight is 206 g/mol. The molecule has 0 aliphatic rings. The van der Waals surface area contributed by atoms with Crippen molar-refractivity contribution in [3.05, 3.63) is 30.3 Å². The van der Waals surface area contributed by atoms with Gasteiger partial charge in [0.2, 0.25) is 0 Å². The van der Waals surface area contributed by atoms with Gasteiger partial charge in [0.15, 0.2) is 0 Å². The topological polar surface area (TPSA) is 26.3 Å². The van der Waals surface area contributed by atoms with Gasteiger partial charge in [0.05, 0.1) is 6.61 Å². The molecule has 0 spiro atoms. The Balaban J connectivity index is 2.15. The first-order valence-electron chi connectivity index (χ1n) is 5.38. The van der Waals surface area contributed by atoms with Crippen molar-refractivity contribution in [1.29, 1.82) is 0 Å². The molecule has 0 aromatic heterocycles. The van der Waals surface area contributed by atoms with Crippen molar-refractivity contribution in [1.82, 2.24) is 0 Å². The van der Waals surface area contributed by atoms with E-state index in [4.69, 9.17) is 4.74 Å². The summed E-state index contributed by atoms with van der Waals surface area (Å²) in [6, 6.07) is 9.74. The number of ether oxygens (including phenoxy) is 1. The fourth-order valence-corrected chi connectivity index (χ4v) is 1.30. The highest BCUT2D eigenvalue weighted by Gasteiger charge is 2.06. The molecular formula is C13H18O2. The van der Waals surface area contributed by atoms with E-state index in [1.807, 2.05) is 37.3 Å². The van der Waals surface area contributed by atoms with E-state index in [9.17, 15) is 4.79 Å². The largest absolute Gasteiger partial charge is 0.494 e. The van der Waals surface area contributed by atoms with Gasteiger partial charge in [-0.1, -0.05) is 25.1 Å². The molecule has 0 fully saturated rings. The summed E-state index contributed by atoms with van der Waals surface area (Å²) >= 11 is 0. The van der Waals surface area contributed by atoms with Gasteiger partial charge in [-0.3, -0.25) is 4.79 Å². The summed E-state index contributed by atoms with van der Waals surface area (Å²) in [7, 11) is 0. The second-order valence-corrected chi connectivity index (χ2v) is 3.82. The minimum absolute atomic E-state index is 0.157. The molecule has 1 aromatic carbocycles. The van der Waals surface area contributed by atoms with Crippen LogP contribution in [-0.2, 0) is 4.79 Å². The average Bonchev–Trinajstić information content (AvgIpc) is 2.25. The van der Waals surface area contributed by atoms with Gasteiger partial charge >= 0.3 is 0 Å². The van der Waals surface area contributed by atoms with E-state index in [0.29, 0.717) is 6.61 Å². The van der Waals surface area contributed by atoms with E-state index in [1.165, 1.54) is 0 Å². The molecule has 0 heterocycles. The quantitative estimate of drug-likeness (QED) is 0.669. The van der Waals surface area contributed by atoms with Crippen molar-refractivity contribution in [2.75, 3.05) is 6.61 Å². The molecule has 0 aliphatic heterocycles. The predicted octanol–water partition coefficient (Wildman–Crippen LogP) is 3.07. The zero-order valence-electron chi connectivity index (χ0n) is 9.40. The van der Waals surface area contributed by atoms with Gasteiger partial charge in [-0.15, -0.1) is 0 Å². The van der Waals surface area contributed by atoms with Crippen molar-refractivity contribution < 1.29 is 9.53 Å². The van der Waals surface area contributed by atoms with Crippen molar-refractivity contribution >= 4 is 5.78 Å². The molecule has 0 bridgehead atoms. The third-order valence-corrected chi connectivity index (χ3v) is 2.49. The SMILES string of the molecule is CC(=O)C(C)CCCOc1ccccc1. The van der Waals surface area contributed by atoms with E-state index in [2.05, 4.69) is 0 Å². The van der Waals surface area contributed by atoms with Crippen LogP contribution in [0.2, 0.25) is 0 Å². The Morgan fingerprint density at radius 3 is 2.60 bits per heavy atom. The Labute approximate surface area is 91.3 Å². The first-order chi connectivity index (χ1) is 7.20. The number of carbonyl (C=O) groups excluding carboxylic acids is 1. The second kappa shape index (κ2) is 6.23. The molecule has 0 radical (unpaired) electrons. The standard InChI is InChI=1S/C13H18O2/c1-11(12(2)14)7-6-10-15-13-8-4-3-5-9-13/h3-5,8-9,11H,6-7,10H2,1-2H3. The Bertz CT molecular complexity index is 293. The first-order valence-corrected chi connectivity index (χ1v) is 5.38. The van der Waals surface area contributed by atoms with Crippen LogP contribution in [0.25, 0.3) is 0 Å². The third kappa shape index (κ3) is 4.63. The smallest absolute Gasteiger partial charge is 0.132 e. The molecular weight excluding hydrogens is 188 g/mol. The summed E-state index contributed by atoms with van der Waals surface area (Å²) < 4.78 is 5.52.